The number of pyridine rings is 1. The van der Waals surface area contributed by atoms with Crippen LogP contribution in [-0.4, -0.2) is 98.2 Å². The monoisotopic (exact) mass is 642 g/mol. The van der Waals surface area contributed by atoms with Gasteiger partial charge in [-0.15, -0.1) is 0 Å². The number of likely N-dealkylation sites (tertiary alicyclic amines) is 1. The highest BCUT2D eigenvalue weighted by molar-refractivity contribution is 5.98. The van der Waals surface area contributed by atoms with Gasteiger partial charge in [-0.25, -0.2) is 4.98 Å². The third kappa shape index (κ3) is 4.98. The van der Waals surface area contributed by atoms with Gasteiger partial charge in [0.05, 0.1) is 17.2 Å². The van der Waals surface area contributed by atoms with Crippen molar-refractivity contribution in [3.05, 3.63) is 42.1 Å². The molecule has 4 unspecified atom stereocenters. The number of para-hydroxylation sites is 1. The predicted octanol–water partition coefficient (Wildman–Crippen LogP) is 5.12. The Bertz CT molecular complexity index is 1540. The smallest absolute Gasteiger partial charge is 0.273 e. The summed E-state index contributed by atoms with van der Waals surface area (Å²) in [7, 11) is 0. The van der Waals surface area contributed by atoms with Crippen LogP contribution in [0.1, 0.15) is 95.5 Å². The summed E-state index contributed by atoms with van der Waals surface area (Å²) in [4.78, 5) is 38.3. The van der Waals surface area contributed by atoms with Gasteiger partial charge in [-0.2, -0.15) is 0 Å². The number of rotatable bonds is 3. The Morgan fingerprint density at radius 1 is 0.872 bits per heavy atom. The first-order chi connectivity index (χ1) is 22.5. The van der Waals surface area contributed by atoms with Crippen LogP contribution in [0, 0.1) is 34.5 Å². The summed E-state index contributed by atoms with van der Waals surface area (Å²) in [5, 5.41) is 23.9. The van der Waals surface area contributed by atoms with Crippen molar-refractivity contribution in [2.24, 2.45) is 34.5 Å². The molecule has 8 nitrogen and oxygen atoms in total. The van der Waals surface area contributed by atoms with Crippen LogP contribution in [0.3, 0.4) is 0 Å². The molecule has 254 valence electrons. The molecule has 10 atom stereocenters. The SMILES string of the molecule is C[C@]12C[C@H](N3CCN(C(=O)[C@@H]4CCCN4C(=O)c4ccc5ccccc5n4)CC3)[C@@H](O)CC1CCC1C2CC[C@@]2(C)C1CC[C@]2(C)O. The number of carbonyl (C=O) groups is 2. The zero-order valence-electron chi connectivity index (χ0n) is 28.6. The normalized spacial score (nSPS) is 42.2. The molecule has 0 spiro atoms. The van der Waals surface area contributed by atoms with Gasteiger partial charge in [-0.3, -0.25) is 14.5 Å². The summed E-state index contributed by atoms with van der Waals surface area (Å²) in [5.41, 5.74) is 0.867. The lowest BCUT2D eigenvalue weighted by molar-refractivity contribution is -0.168. The predicted molar refractivity (Wildman–Crippen MR) is 181 cm³/mol. The topological polar surface area (TPSA) is 97.2 Å². The Hall–Kier alpha value is -2.55. The second-order valence-electron chi connectivity index (χ2n) is 16.9. The Balaban J connectivity index is 0.924. The molecule has 8 heteroatoms. The quantitative estimate of drug-likeness (QED) is 0.483. The summed E-state index contributed by atoms with van der Waals surface area (Å²) < 4.78 is 0. The van der Waals surface area contributed by atoms with Crippen LogP contribution < -0.4 is 0 Å². The molecule has 1 aromatic carbocycles. The van der Waals surface area contributed by atoms with Gasteiger partial charge in [0.1, 0.15) is 11.7 Å². The largest absolute Gasteiger partial charge is 0.391 e. The molecule has 2 aliphatic heterocycles. The number of piperazine rings is 1. The standard InChI is InChI=1S/C39H54N4O4/c1-37-24-33(34(44)23-26(37)11-12-27-28(37)14-16-38(2)29(27)15-17-39(38,3)47)41-19-21-42(22-20-41)36(46)32-9-6-18-43(32)35(45)31-13-10-25-7-4-5-8-30(25)40-31/h4-5,7-8,10,13,26-29,32-34,44,47H,6,9,11-12,14-24H2,1-3H3/t26?,27?,28?,29?,32-,33-,34-,37-,38-,39-/m0/s1. The molecule has 8 rings (SSSR count). The summed E-state index contributed by atoms with van der Waals surface area (Å²) >= 11 is 0. The number of aliphatic hydroxyl groups excluding tert-OH is 1. The highest BCUT2D eigenvalue weighted by atomic mass is 16.3. The van der Waals surface area contributed by atoms with E-state index in [-0.39, 0.29) is 34.8 Å². The summed E-state index contributed by atoms with van der Waals surface area (Å²) in [6.07, 6.45) is 9.91. The maximum absolute atomic E-state index is 13.9. The van der Waals surface area contributed by atoms with Gasteiger partial charge in [0.15, 0.2) is 0 Å². The molecule has 2 saturated heterocycles. The Kier molecular flexibility index (Phi) is 7.77. The molecule has 2 amide bonds. The number of hydrogen-bond acceptors (Lipinski definition) is 6. The van der Waals surface area contributed by atoms with E-state index >= 15 is 0 Å². The van der Waals surface area contributed by atoms with Crippen molar-refractivity contribution in [2.75, 3.05) is 32.7 Å². The van der Waals surface area contributed by atoms with Crippen LogP contribution in [0.5, 0.6) is 0 Å². The molecule has 2 N–H and O–H groups in total. The first-order valence-electron chi connectivity index (χ1n) is 18.6. The lowest BCUT2D eigenvalue weighted by Crippen LogP contribution is -2.63. The maximum atomic E-state index is 13.9. The first kappa shape index (κ1) is 31.7. The first-order valence-corrected chi connectivity index (χ1v) is 18.6. The second kappa shape index (κ2) is 11.5. The molecular weight excluding hydrogens is 588 g/mol. The average Bonchev–Trinajstić information content (AvgIpc) is 3.66. The van der Waals surface area contributed by atoms with E-state index in [1.807, 2.05) is 35.2 Å². The third-order valence-corrected chi connectivity index (χ3v) is 15.0. The second-order valence-corrected chi connectivity index (χ2v) is 16.9. The fourth-order valence-corrected chi connectivity index (χ4v) is 12.0. The summed E-state index contributed by atoms with van der Waals surface area (Å²) in [5.74, 6) is 2.40. The van der Waals surface area contributed by atoms with Gasteiger partial charge < -0.3 is 20.0 Å². The lowest BCUT2D eigenvalue weighted by atomic mass is 9.44. The number of aliphatic hydroxyl groups is 2. The van der Waals surface area contributed by atoms with Gasteiger partial charge in [-0.05, 0) is 118 Å². The van der Waals surface area contributed by atoms with E-state index in [1.54, 1.807) is 11.0 Å². The highest BCUT2D eigenvalue weighted by Crippen LogP contribution is 2.68. The van der Waals surface area contributed by atoms with Crippen molar-refractivity contribution < 1.29 is 19.8 Å². The Labute approximate surface area is 279 Å². The van der Waals surface area contributed by atoms with Crippen LogP contribution in [0.4, 0.5) is 0 Å². The molecule has 1 aromatic heterocycles. The molecule has 6 aliphatic rings. The third-order valence-electron chi connectivity index (χ3n) is 15.0. The molecule has 47 heavy (non-hydrogen) atoms. The van der Waals surface area contributed by atoms with E-state index in [0.717, 1.165) is 62.5 Å². The van der Waals surface area contributed by atoms with E-state index in [0.29, 0.717) is 55.4 Å². The van der Waals surface area contributed by atoms with E-state index in [2.05, 4.69) is 30.7 Å². The average molecular weight is 643 g/mol. The fraction of sp³-hybridized carbons (Fsp3) is 0.718. The lowest BCUT2D eigenvalue weighted by Gasteiger charge is -2.63. The molecule has 3 heterocycles. The van der Waals surface area contributed by atoms with Crippen molar-refractivity contribution in [1.29, 1.82) is 0 Å². The molecule has 2 aromatic rings. The molecule has 4 aliphatic carbocycles. The minimum atomic E-state index is -0.557. The number of carbonyl (C=O) groups excluding carboxylic acids is 2. The number of aromatic nitrogens is 1. The van der Waals surface area contributed by atoms with Crippen LogP contribution in [0.25, 0.3) is 10.9 Å². The van der Waals surface area contributed by atoms with Crippen LogP contribution in [0.2, 0.25) is 0 Å². The molecule has 6 fully saturated rings. The summed E-state index contributed by atoms with van der Waals surface area (Å²) in [6.45, 7) is 10.4. The van der Waals surface area contributed by atoms with Gasteiger partial charge in [0, 0.05) is 44.2 Å². The van der Waals surface area contributed by atoms with Gasteiger partial charge in [0.2, 0.25) is 5.91 Å². The Morgan fingerprint density at radius 3 is 2.45 bits per heavy atom. The minimum Gasteiger partial charge on any atom is -0.391 e. The van der Waals surface area contributed by atoms with Crippen molar-refractivity contribution >= 4 is 22.7 Å². The van der Waals surface area contributed by atoms with Gasteiger partial charge in [-0.1, -0.05) is 38.1 Å². The highest BCUT2D eigenvalue weighted by Gasteiger charge is 2.64. The van der Waals surface area contributed by atoms with E-state index < -0.39 is 11.6 Å². The number of benzene rings is 1. The van der Waals surface area contributed by atoms with E-state index in [4.69, 9.17) is 0 Å². The minimum absolute atomic E-state index is 0.0271. The van der Waals surface area contributed by atoms with E-state index in [9.17, 15) is 19.8 Å². The van der Waals surface area contributed by atoms with Crippen molar-refractivity contribution in [2.45, 2.75) is 109 Å². The van der Waals surface area contributed by atoms with Crippen molar-refractivity contribution in [3.8, 4) is 0 Å². The fourth-order valence-electron chi connectivity index (χ4n) is 12.0. The number of amides is 2. The van der Waals surface area contributed by atoms with Gasteiger partial charge >= 0.3 is 0 Å². The molecular formula is C39H54N4O4. The van der Waals surface area contributed by atoms with E-state index in [1.165, 1.54) is 19.3 Å². The number of fused-ring (bicyclic) bond motifs is 6. The number of nitrogens with zero attached hydrogens (tertiary/aromatic N) is 4. The molecule has 0 bridgehead atoms. The zero-order valence-corrected chi connectivity index (χ0v) is 28.6. The molecule has 0 radical (unpaired) electrons. The van der Waals surface area contributed by atoms with Gasteiger partial charge in [0.25, 0.3) is 5.91 Å². The van der Waals surface area contributed by atoms with Crippen molar-refractivity contribution in [3.63, 3.8) is 0 Å². The maximum Gasteiger partial charge on any atom is 0.273 e. The molecule has 4 saturated carbocycles. The van der Waals surface area contributed by atoms with Crippen LogP contribution in [-0.2, 0) is 4.79 Å². The van der Waals surface area contributed by atoms with Crippen molar-refractivity contribution in [1.82, 2.24) is 19.7 Å². The number of hydrogen-bond donors (Lipinski definition) is 2. The summed E-state index contributed by atoms with van der Waals surface area (Å²) in [6, 6.07) is 11.2. The Morgan fingerprint density at radius 2 is 1.64 bits per heavy atom. The van der Waals surface area contributed by atoms with Crippen LogP contribution in [0.15, 0.2) is 36.4 Å². The van der Waals surface area contributed by atoms with Crippen LogP contribution >= 0.6 is 0 Å². The zero-order chi connectivity index (χ0) is 32.7.